The largest absolute Gasteiger partial charge is 0.467 e. The molecule has 2 rings (SSSR count). The van der Waals surface area contributed by atoms with Crippen LogP contribution in [-0.4, -0.2) is 48.6 Å². The minimum absolute atomic E-state index is 0.0373. The van der Waals surface area contributed by atoms with Crippen molar-refractivity contribution >= 4 is 6.03 Å². The summed E-state index contributed by atoms with van der Waals surface area (Å²) in [5.41, 5.74) is 1.19. The zero-order valence-electron chi connectivity index (χ0n) is 13.0. The summed E-state index contributed by atoms with van der Waals surface area (Å²) < 4.78 is 5.26. The Morgan fingerprint density at radius 3 is 2.81 bits per heavy atom. The van der Waals surface area contributed by atoms with E-state index < -0.39 is 0 Å². The molecule has 1 aliphatic heterocycles. The molecule has 1 aromatic rings. The van der Waals surface area contributed by atoms with E-state index in [2.05, 4.69) is 23.7 Å². The first-order valence-electron chi connectivity index (χ1n) is 7.45. The standard InChI is InChI=1S/C16H25N3O2/c1-13(2)11-19-8-6-14(7-9-19)17-16(20)18(3)12-15-5-4-10-21-15/h4-5,10,14H,1,6-9,11-12H2,2-3H3,(H,17,20). The van der Waals surface area contributed by atoms with Crippen LogP contribution in [0.25, 0.3) is 0 Å². The van der Waals surface area contributed by atoms with Crippen molar-refractivity contribution in [1.82, 2.24) is 15.1 Å². The number of hydrogen-bond acceptors (Lipinski definition) is 3. The number of amides is 2. The topological polar surface area (TPSA) is 48.7 Å². The van der Waals surface area contributed by atoms with Gasteiger partial charge in [-0.05, 0) is 31.9 Å². The van der Waals surface area contributed by atoms with Crippen molar-refractivity contribution in [3.8, 4) is 0 Å². The summed E-state index contributed by atoms with van der Waals surface area (Å²) in [7, 11) is 1.79. The number of urea groups is 1. The Kier molecular flexibility index (Phi) is 5.44. The Balaban J connectivity index is 1.72. The van der Waals surface area contributed by atoms with Gasteiger partial charge in [0.25, 0.3) is 0 Å². The molecule has 1 fully saturated rings. The Morgan fingerprint density at radius 1 is 1.52 bits per heavy atom. The summed E-state index contributed by atoms with van der Waals surface area (Å²) in [5, 5.41) is 3.10. The fraction of sp³-hybridized carbons (Fsp3) is 0.562. The summed E-state index contributed by atoms with van der Waals surface area (Å²) in [6, 6.07) is 3.93. The maximum atomic E-state index is 12.1. The van der Waals surface area contributed by atoms with Crippen LogP contribution < -0.4 is 5.32 Å². The number of hydrogen-bond donors (Lipinski definition) is 1. The van der Waals surface area contributed by atoms with Gasteiger partial charge < -0.3 is 14.6 Å². The van der Waals surface area contributed by atoms with Gasteiger partial charge in [0, 0.05) is 32.7 Å². The average Bonchev–Trinajstić information content (AvgIpc) is 2.93. The highest BCUT2D eigenvalue weighted by Crippen LogP contribution is 2.12. The Morgan fingerprint density at radius 2 is 2.24 bits per heavy atom. The molecular formula is C16H25N3O2. The van der Waals surface area contributed by atoms with Crippen molar-refractivity contribution in [3.05, 3.63) is 36.3 Å². The summed E-state index contributed by atoms with van der Waals surface area (Å²) in [5.74, 6) is 0.795. The lowest BCUT2D eigenvalue weighted by Gasteiger charge is -2.33. The van der Waals surface area contributed by atoms with Crippen LogP contribution >= 0.6 is 0 Å². The van der Waals surface area contributed by atoms with Gasteiger partial charge in [0.05, 0.1) is 12.8 Å². The van der Waals surface area contributed by atoms with Crippen LogP contribution in [0.3, 0.4) is 0 Å². The highest BCUT2D eigenvalue weighted by atomic mass is 16.3. The van der Waals surface area contributed by atoms with Crippen molar-refractivity contribution in [2.75, 3.05) is 26.7 Å². The fourth-order valence-corrected chi connectivity index (χ4v) is 2.61. The first kappa shape index (κ1) is 15.6. The van der Waals surface area contributed by atoms with Gasteiger partial charge in [-0.15, -0.1) is 0 Å². The first-order chi connectivity index (χ1) is 10.0. The molecule has 2 heterocycles. The first-order valence-corrected chi connectivity index (χ1v) is 7.45. The van der Waals surface area contributed by atoms with Crippen LogP contribution in [0, 0.1) is 0 Å². The van der Waals surface area contributed by atoms with Gasteiger partial charge in [-0.1, -0.05) is 12.2 Å². The number of furan rings is 1. The van der Waals surface area contributed by atoms with E-state index in [1.165, 1.54) is 5.57 Å². The van der Waals surface area contributed by atoms with Gasteiger partial charge in [-0.2, -0.15) is 0 Å². The van der Waals surface area contributed by atoms with Gasteiger partial charge in [0.1, 0.15) is 5.76 Å². The van der Waals surface area contributed by atoms with E-state index in [-0.39, 0.29) is 12.1 Å². The zero-order chi connectivity index (χ0) is 15.2. The van der Waals surface area contributed by atoms with E-state index in [1.807, 2.05) is 12.1 Å². The smallest absolute Gasteiger partial charge is 0.317 e. The molecule has 21 heavy (non-hydrogen) atoms. The molecule has 0 spiro atoms. The predicted molar refractivity (Wildman–Crippen MR) is 83.0 cm³/mol. The molecule has 116 valence electrons. The number of nitrogens with zero attached hydrogens (tertiary/aromatic N) is 2. The summed E-state index contributed by atoms with van der Waals surface area (Å²) in [6.07, 6.45) is 3.61. The summed E-state index contributed by atoms with van der Waals surface area (Å²) in [4.78, 5) is 16.2. The van der Waals surface area contributed by atoms with E-state index in [1.54, 1.807) is 18.2 Å². The van der Waals surface area contributed by atoms with Crippen LogP contribution in [0.2, 0.25) is 0 Å². The lowest BCUT2D eigenvalue weighted by atomic mass is 10.0. The average molecular weight is 291 g/mol. The number of carbonyl (C=O) groups is 1. The SMILES string of the molecule is C=C(C)CN1CCC(NC(=O)N(C)Cc2ccco2)CC1. The van der Waals surface area contributed by atoms with Crippen LogP contribution in [0.1, 0.15) is 25.5 Å². The molecule has 1 N–H and O–H groups in total. The van der Waals surface area contributed by atoms with Crippen molar-refractivity contribution in [2.24, 2.45) is 0 Å². The summed E-state index contributed by atoms with van der Waals surface area (Å²) >= 11 is 0. The Bertz CT molecular complexity index is 462. The van der Waals surface area contributed by atoms with Gasteiger partial charge in [-0.3, -0.25) is 4.90 Å². The lowest BCUT2D eigenvalue weighted by Crippen LogP contribution is -2.48. The van der Waals surface area contributed by atoms with E-state index >= 15 is 0 Å². The highest BCUT2D eigenvalue weighted by molar-refractivity contribution is 5.74. The molecule has 1 aromatic heterocycles. The maximum absolute atomic E-state index is 12.1. The molecule has 5 nitrogen and oxygen atoms in total. The van der Waals surface area contributed by atoms with Crippen LogP contribution in [0.5, 0.6) is 0 Å². The van der Waals surface area contributed by atoms with Crippen LogP contribution in [0.15, 0.2) is 35.0 Å². The predicted octanol–water partition coefficient (Wildman–Crippen LogP) is 2.46. The van der Waals surface area contributed by atoms with Crippen molar-refractivity contribution in [3.63, 3.8) is 0 Å². The molecule has 0 atom stereocenters. The van der Waals surface area contributed by atoms with E-state index in [9.17, 15) is 4.79 Å². The van der Waals surface area contributed by atoms with Gasteiger partial charge in [0.2, 0.25) is 0 Å². The van der Waals surface area contributed by atoms with Crippen LogP contribution in [0.4, 0.5) is 4.79 Å². The number of rotatable bonds is 5. The molecular weight excluding hydrogens is 266 g/mol. The van der Waals surface area contributed by atoms with Gasteiger partial charge in [0.15, 0.2) is 0 Å². The molecule has 5 heteroatoms. The molecule has 0 bridgehead atoms. The second kappa shape index (κ2) is 7.31. The second-order valence-corrected chi connectivity index (χ2v) is 5.89. The van der Waals surface area contributed by atoms with Crippen LogP contribution in [-0.2, 0) is 6.54 Å². The monoisotopic (exact) mass is 291 g/mol. The number of nitrogens with one attached hydrogen (secondary N) is 1. The maximum Gasteiger partial charge on any atom is 0.317 e. The molecule has 2 amide bonds. The number of carbonyl (C=O) groups excluding carboxylic acids is 1. The van der Waals surface area contributed by atoms with Crippen molar-refractivity contribution in [1.29, 1.82) is 0 Å². The third-order valence-corrected chi connectivity index (χ3v) is 3.73. The molecule has 1 saturated heterocycles. The number of likely N-dealkylation sites (tertiary alicyclic amines) is 1. The van der Waals surface area contributed by atoms with E-state index in [0.717, 1.165) is 38.2 Å². The molecule has 0 radical (unpaired) electrons. The normalized spacial score (nSPS) is 16.7. The minimum atomic E-state index is -0.0373. The van der Waals surface area contributed by atoms with Gasteiger partial charge in [-0.25, -0.2) is 4.79 Å². The van der Waals surface area contributed by atoms with E-state index in [0.29, 0.717) is 6.54 Å². The third-order valence-electron chi connectivity index (χ3n) is 3.73. The second-order valence-electron chi connectivity index (χ2n) is 5.89. The van der Waals surface area contributed by atoms with Crippen molar-refractivity contribution < 1.29 is 9.21 Å². The lowest BCUT2D eigenvalue weighted by molar-refractivity contribution is 0.179. The Labute approximate surface area is 126 Å². The Hall–Kier alpha value is -1.75. The highest BCUT2D eigenvalue weighted by Gasteiger charge is 2.21. The molecule has 1 aliphatic rings. The zero-order valence-corrected chi connectivity index (χ0v) is 13.0. The quantitative estimate of drug-likeness (QED) is 0.848. The van der Waals surface area contributed by atoms with Crippen molar-refractivity contribution in [2.45, 2.75) is 32.4 Å². The number of piperidine rings is 1. The molecule has 0 unspecified atom stereocenters. The molecule has 0 saturated carbocycles. The van der Waals surface area contributed by atoms with E-state index in [4.69, 9.17) is 4.42 Å². The molecule has 0 aliphatic carbocycles. The summed E-state index contributed by atoms with van der Waals surface area (Å²) in [6.45, 7) is 9.48. The minimum Gasteiger partial charge on any atom is -0.467 e. The fourth-order valence-electron chi connectivity index (χ4n) is 2.61. The van der Waals surface area contributed by atoms with Gasteiger partial charge >= 0.3 is 6.03 Å². The third kappa shape index (κ3) is 4.93. The molecule has 0 aromatic carbocycles.